The van der Waals surface area contributed by atoms with E-state index in [1.54, 1.807) is 7.05 Å². The molecule has 0 spiro atoms. The first-order chi connectivity index (χ1) is 13.5. The van der Waals surface area contributed by atoms with E-state index in [4.69, 9.17) is 0 Å². The summed E-state index contributed by atoms with van der Waals surface area (Å²) in [5.74, 6) is -0.147. The molecule has 6 heteroatoms. The highest BCUT2D eigenvalue weighted by molar-refractivity contribution is 8.15. The Morgan fingerprint density at radius 1 is 1.04 bits per heavy atom. The normalized spacial score (nSPS) is 18.4. The predicted molar refractivity (Wildman–Crippen MR) is 113 cm³/mol. The van der Waals surface area contributed by atoms with Gasteiger partial charge in [0.2, 0.25) is 5.91 Å². The van der Waals surface area contributed by atoms with Crippen molar-refractivity contribution in [2.24, 2.45) is 0 Å². The van der Waals surface area contributed by atoms with Gasteiger partial charge in [-0.1, -0.05) is 42.5 Å². The van der Waals surface area contributed by atoms with Crippen molar-refractivity contribution in [3.05, 3.63) is 71.9 Å². The van der Waals surface area contributed by atoms with Crippen LogP contribution in [0.3, 0.4) is 0 Å². The van der Waals surface area contributed by atoms with Crippen molar-refractivity contribution in [1.82, 2.24) is 14.4 Å². The molecule has 1 saturated heterocycles. The van der Waals surface area contributed by atoms with Crippen molar-refractivity contribution >= 4 is 33.8 Å². The van der Waals surface area contributed by atoms with Crippen LogP contribution in [0.25, 0.3) is 10.9 Å². The van der Waals surface area contributed by atoms with Crippen LogP contribution in [0.4, 0.5) is 4.79 Å². The van der Waals surface area contributed by atoms with Gasteiger partial charge in [0, 0.05) is 30.7 Å². The summed E-state index contributed by atoms with van der Waals surface area (Å²) in [6.45, 7) is 0.800. The number of benzene rings is 2. The fourth-order valence-corrected chi connectivity index (χ4v) is 4.80. The van der Waals surface area contributed by atoms with Crippen molar-refractivity contribution in [3.8, 4) is 0 Å². The molecule has 0 aliphatic carbocycles. The summed E-state index contributed by atoms with van der Waals surface area (Å²) in [4.78, 5) is 27.9. The summed E-state index contributed by atoms with van der Waals surface area (Å²) in [7, 11) is 5.72. The molecule has 1 fully saturated rings. The maximum Gasteiger partial charge on any atom is 0.289 e. The number of hydrogen-bond acceptors (Lipinski definition) is 4. The molecule has 2 atom stereocenters. The number of aromatic nitrogens is 1. The third kappa shape index (κ3) is 3.23. The van der Waals surface area contributed by atoms with Crippen LogP contribution in [0.1, 0.15) is 22.4 Å². The van der Waals surface area contributed by atoms with Crippen LogP contribution in [0, 0.1) is 0 Å². The Morgan fingerprint density at radius 2 is 1.79 bits per heavy atom. The minimum atomic E-state index is -0.462. The first-order valence-electron chi connectivity index (χ1n) is 9.24. The van der Waals surface area contributed by atoms with Crippen LogP contribution in [0.2, 0.25) is 0 Å². The van der Waals surface area contributed by atoms with Crippen LogP contribution < -0.4 is 0 Å². The fraction of sp³-hybridized carbons (Fsp3) is 0.273. The van der Waals surface area contributed by atoms with E-state index < -0.39 is 5.25 Å². The maximum absolute atomic E-state index is 12.5. The second-order valence-corrected chi connectivity index (χ2v) is 8.36. The number of rotatable bonds is 5. The molecule has 0 radical (unpaired) electrons. The van der Waals surface area contributed by atoms with Crippen molar-refractivity contribution in [2.45, 2.75) is 17.8 Å². The zero-order chi connectivity index (χ0) is 19.8. The minimum Gasteiger partial charge on any atom is -0.346 e. The SMILES string of the molecule is CN1C(=O)SC(c2cccc3c2ccn3CC(c2ccccc2)N(C)C)C1=O. The molecule has 28 heavy (non-hydrogen) atoms. The molecule has 1 aromatic heterocycles. The number of amides is 2. The topological polar surface area (TPSA) is 45.6 Å². The van der Waals surface area contributed by atoms with Gasteiger partial charge in [0.05, 0.1) is 6.04 Å². The second kappa shape index (κ2) is 7.45. The summed E-state index contributed by atoms with van der Waals surface area (Å²) in [6.07, 6.45) is 2.07. The van der Waals surface area contributed by atoms with E-state index in [0.717, 1.165) is 34.8 Å². The molecule has 1 aliphatic rings. The van der Waals surface area contributed by atoms with Gasteiger partial charge in [0.15, 0.2) is 0 Å². The number of imide groups is 1. The lowest BCUT2D eigenvalue weighted by Crippen LogP contribution is -2.24. The van der Waals surface area contributed by atoms with Gasteiger partial charge in [-0.3, -0.25) is 14.5 Å². The van der Waals surface area contributed by atoms with Gasteiger partial charge in [0.1, 0.15) is 5.25 Å². The monoisotopic (exact) mass is 393 g/mol. The Bertz CT molecular complexity index is 1030. The number of nitrogens with zero attached hydrogens (tertiary/aromatic N) is 3. The van der Waals surface area contributed by atoms with E-state index in [2.05, 4.69) is 66.2 Å². The molecule has 5 nitrogen and oxygen atoms in total. The maximum atomic E-state index is 12.5. The highest BCUT2D eigenvalue weighted by atomic mass is 32.2. The Labute approximate surface area is 168 Å². The fourth-order valence-electron chi connectivity index (χ4n) is 3.76. The van der Waals surface area contributed by atoms with Crippen LogP contribution in [0.5, 0.6) is 0 Å². The number of carbonyl (C=O) groups is 2. The summed E-state index contributed by atoms with van der Waals surface area (Å²) < 4.78 is 2.23. The van der Waals surface area contributed by atoms with Crippen LogP contribution in [-0.4, -0.2) is 46.7 Å². The predicted octanol–water partition coefficient (Wildman–Crippen LogP) is 4.31. The van der Waals surface area contributed by atoms with Crippen molar-refractivity contribution in [1.29, 1.82) is 0 Å². The van der Waals surface area contributed by atoms with Crippen molar-refractivity contribution in [3.63, 3.8) is 0 Å². The zero-order valence-electron chi connectivity index (χ0n) is 16.2. The van der Waals surface area contributed by atoms with Gasteiger partial charge >= 0.3 is 0 Å². The quantitative estimate of drug-likeness (QED) is 0.648. The second-order valence-electron chi connectivity index (χ2n) is 7.30. The molecule has 2 unspecified atom stereocenters. The molecule has 144 valence electrons. The Kier molecular flexibility index (Phi) is 5.00. The van der Waals surface area contributed by atoms with Gasteiger partial charge in [-0.2, -0.15) is 0 Å². The van der Waals surface area contributed by atoms with E-state index in [1.165, 1.54) is 10.5 Å². The molecular weight excluding hydrogens is 370 g/mol. The van der Waals surface area contributed by atoms with Gasteiger partial charge in [-0.25, -0.2) is 0 Å². The van der Waals surface area contributed by atoms with Crippen molar-refractivity contribution < 1.29 is 9.59 Å². The molecule has 1 aliphatic heterocycles. The minimum absolute atomic E-state index is 0.147. The van der Waals surface area contributed by atoms with Gasteiger partial charge < -0.3 is 9.47 Å². The highest BCUT2D eigenvalue weighted by Crippen LogP contribution is 2.41. The smallest absolute Gasteiger partial charge is 0.289 e. The Balaban J connectivity index is 1.71. The average Bonchev–Trinajstić information content (AvgIpc) is 3.22. The van der Waals surface area contributed by atoms with E-state index >= 15 is 0 Å². The van der Waals surface area contributed by atoms with Gasteiger partial charge in [-0.05, 0) is 49.1 Å². The van der Waals surface area contributed by atoms with Crippen molar-refractivity contribution in [2.75, 3.05) is 21.1 Å². The molecule has 0 saturated carbocycles. The first-order valence-corrected chi connectivity index (χ1v) is 10.1. The molecule has 3 aromatic rings. The lowest BCUT2D eigenvalue weighted by molar-refractivity contribution is -0.125. The first kappa shape index (κ1) is 18.8. The number of carbonyl (C=O) groups excluding carboxylic acids is 2. The van der Waals surface area contributed by atoms with Crippen LogP contribution in [0.15, 0.2) is 60.8 Å². The molecule has 2 aromatic carbocycles. The van der Waals surface area contributed by atoms with E-state index in [1.807, 2.05) is 18.2 Å². The summed E-state index contributed by atoms with van der Waals surface area (Å²) >= 11 is 1.09. The zero-order valence-corrected chi connectivity index (χ0v) is 17.0. The third-order valence-electron chi connectivity index (χ3n) is 5.35. The Morgan fingerprint density at radius 3 is 2.43 bits per heavy atom. The molecular formula is C22H23N3O2S. The molecule has 0 bridgehead atoms. The highest BCUT2D eigenvalue weighted by Gasteiger charge is 2.39. The number of likely N-dealkylation sites (N-methyl/N-ethyl adjacent to an activating group) is 2. The van der Waals surface area contributed by atoms with E-state index in [9.17, 15) is 9.59 Å². The standard InChI is InChI=1S/C22H23N3O2S/c1-23(2)19(15-8-5-4-6-9-15)14-25-13-12-16-17(10-7-11-18(16)25)20-21(26)24(3)22(27)28-20/h4-13,19-20H,14H2,1-3H3. The summed E-state index contributed by atoms with van der Waals surface area (Å²) in [5.41, 5.74) is 3.25. The van der Waals surface area contributed by atoms with Gasteiger partial charge in [-0.15, -0.1) is 0 Å². The van der Waals surface area contributed by atoms with Crippen LogP contribution in [-0.2, 0) is 11.3 Å². The third-order valence-corrected chi connectivity index (χ3v) is 6.52. The lowest BCUT2D eigenvalue weighted by Gasteiger charge is -2.26. The van der Waals surface area contributed by atoms with E-state index in [0.29, 0.717) is 0 Å². The molecule has 2 heterocycles. The van der Waals surface area contributed by atoms with Crippen LogP contribution >= 0.6 is 11.8 Å². The van der Waals surface area contributed by atoms with Gasteiger partial charge in [0.25, 0.3) is 5.24 Å². The number of hydrogen-bond donors (Lipinski definition) is 0. The van der Waals surface area contributed by atoms with E-state index in [-0.39, 0.29) is 17.2 Å². The lowest BCUT2D eigenvalue weighted by atomic mass is 10.0. The molecule has 2 amide bonds. The average molecular weight is 394 g/mol. The Hall–Kier alpha value is -2.57. The summed E-state index contributed by atoms with van der Waals surface area (Å²) in [6, 6.07) is 18.7. The number of thioether (sulfide) groups is 1. The summed E-state index contributed by atoms with van der Waals surface area (Å²) in [5, 5.41) is 0.376. The largest absolute Gasteiger partial charge is 0.346 e. The molecule has 4 rings (SSSR count). The number of fused-ring (bicyclic) bond motifs is 1. The molecule has 0 N–H and O–H groups in total.